The van der Waals surface area contributed by atoms with Gasteiger partial charge in [0.2, 0.25) is 0 Å². The summed E-state index contributed by atoms with van der Waals surface area (Å²) in [6, 6.07) is 0. The molecule has 0 N–H and O–H groups in total. The molecule has 0 radical (unpaired) electrons. The Labute approximate surface area is 86.2 Å². The molecule has 0 fully saturated rings. The van der Waals surface area contributed by atoms with E-state index in [0.717, 1.165) is 4.90 Å². The highest BCUT2D eigenvalue weighted by Crippen LogP contribution is 2.15. The molecule has 0 atom stereocenters. The first-order valence-corrected chi connectivity index (χ1v) is 4.32. The van der Waals surface area contributed by atoms with Crippen LogP contribution in [0.3, 0.4) is 0 Å². The summed E-state index contributed by atoms with van der Waals surface area (Å²) in [6.07, 6.45) is 0.0125. The second-order valence-corrected chi connectivity index (χ2v) is 2.80. The highest BCUT2D eigenvalue weighted by Gasteiger charge is 2.30. The van der Waals surface area contributed by atoms with Crippen LogP contribution < -0.4 is 0 Å². The third-order valence-corrected chi connectivity index (χ3v) is 1.39. The average molecular weight is 223 g/mol. The van der Waals surface area contributed by atoms with Gasteiger partial charge in [-0.05, 0) is 6.42 Å². The Kier molecular flexibility index (Phi) is 5.60. The Morgan fingerprint density at radius 3 is 2.53 bits per heavy atom. The Morgan fingerprint density at radius 2 is 2.13 bits per heavy atom. The number of carbonyl (C=O) groups excluding carboxylic acids is 1. The van der Waals surface area contributed by atoms with Crippen molar-refractivity contribution in [3.63, 3.8) is 0 Å². The molecule has 1 amide bonds. The quantitative estimate of drug-likeness (QED) is 0.682. The van der Waals surface area contributed by atoms with Crippen molar-refractivity contribution in [3.05, 3.63) is 0 Å². The molecule has 86 valence electrons. The molecule has 0 aromatic heterocycles. The first-order valence-electron chi connectivity index (χ1n) is 4.32. The van der Waals surface area contributed by atoms with E-state index in [1.54, 1.807) is 6.92 Å². The van der Waals surface area contributed by atoms with E-state index in [9.17, 15) is 18.0 Å². The van der Waals surface area contributed by atoms with Crippen molar-refractivity contribution in [2.45, 2.75) is 19.5 Å². The van der Waals surface area contributed by atoms with E-state index in [-0.39, 0.29) is 13.1 Å². The molecule has 0 saturated carbocycles. The molecule has 0 aliphatic carbocycles. The molecule has 0 rings (SSSR count). The number of halogens is 3. The van der Waals surface area contributed by atoms with Crippen LogP contribution in [0.4, 0.5) is 18.0 Å². The normalized spacial score (nSPS) is 10.6. The van der Waals surface area contributed by atoms with Gasteiger partial charge in [-0.15, -0.1) is 6.42 Å². The zero-order valence-corrected chi connectivity index (χ0v) is 8.30. The smallest absolute Gasteiger partial charge is 0.422 e. The number of amides is 1. The van der Waals surface area contributed by atoms with Gasteiger partial charge in [0.15, 0.2) is 6.61 Å². The minimum Gasteiger partial charge on any atom is -0.440 e. The molecule has 0 heterocycles. The number of rotatable bonds is 4. The lowest BCUT2D eigenvalue weighted by Gasteiger charge is -2.19. The number of hydrogen-bond acceptors (Lipinski definition) is 2. The van der Waals surface area contributed by atoms with Gasteiger partial charge in [-0.2, -0.15) is 13.2 Å². The van der Waals surface area contributed by atoms with E-state index in [2.05, 4.69) is 10.7 Å². The number of nitrogens with zero attached hydrogens (tertiary/aromatic N) is 1. The Morgan fingerprint density at radius 1 is 1.53 bits per heavy atom. The predicted molar refractivity (Wildman–Crippen MR) is 48.1 cm³/mol. The summed E-state index contributed by atoms with van der Waals surface area (Å²) < 4.78 is 39.2. The maximum Gasteiger partial charge on any atom is 0.422 e. The fourth-order valence-corrected chi connectivity index (χ4v) is 0.850. The minimum absolute atomic E-state index is 0.0511. The SMILES string of the molecule is C#CCN(CCC)C(=O)OCC(F)(F)F. The Bertz CT molecular complexity index is 245. The molecule has 0 unspecified atom stereocenters. The van der Waals surface area contributed by atoms with Crippen molar-refractivity contribution in [3.8, 4) is 12.3 Å². The van der Waals surface area contributed by atoms with Crippen molar-refractivity contribution >= 4 is 6.09 Å². The van der Waals surface area contributed by atoms with Gasteiger partial charge < -0.3 is 4.74 Å². The van der Waals surface area contributed by atoms with Gasteiger partial charge in [0, 0.05) is 6.54 Å². The van der Waals surface area contributed by atoms with E-state index in [1.165, 1.54) is 0 Å². The zero-order chi connectivity index (χ0) is 11.9. The summed E-state index contributed by atoms with van der Waals surface area (Å²) in [5.41, 5.74) is 0. The van der Waals surface area contributed by atoms with Crippen LogP contribution in [0.1, 0.15) is 13.3 Å². The fourth-order valence-electron chi connectivity index (χ4n) is 0.850. The first-order chi connectivity index (χ1) is 6.90. The van der Waals surface area contributed by atoms with Crippen LogP contribution in [0.2, 0.25) is 0 Å². The molecule has 0 bridgehead atoms. The standard InChI is InChI=1S/C9H12F3NO2/c1-3-5-13(6-4-2)8(14)15-7-9(10,11)12/h1H,4-7H2,2H3. The van der Waals surface area contributed by atoms with Gasteiger partial charge >= 0.3 is 12.3 Å². The molecule has 3 nitrogen and oxygen atoms in total. The van der Waals surface area contributed by atoms with Crippen molar-refractivity contribution in [1.82, 2.24) is 4.90 Å². The summed E-state index contributed by atoms with van der Waals surface area (Å²) in [6.45, 7) is 0.419. The molecular weight excluding hydrogens is 211 g/mol. The van der Waals surface area contributed by atoms with Crippen molar-refractivity contribution in [1.29, 1.82) is 0 Å². The van der Waals surface area contributed by atoms with Gasteiger partial charge in [-0.25, -0.2) is 4.79 Å². The lowest BCUT2D eigenvalue weighted by Crippen LogP contribution is -2.35. The molecule has 0 aliphatic rings. The second-order valence-electron chi connectivity index (χ2n) is 2.80. The van der Waals surface area contributed by atoms with Crippen LogP contribution in [-0.4, -0.2) is 36.9 Å². The molecule has 0 aliphatic heterocycles. The van der Waals surface area contributed by atoms with Crippen LogP contribution in [0.5, 0.6) is 0 Å². The summed E-state index contributed by atoms with van der Waals surface area (Å²) in [5, 5.41) is 0. The van der Waals surface area contributed by atoms with Crippen LogP contribution in [-0.2, 0) is 4.74 Å². The predicted octanol–water partition coefficient (Wildman–Crippen LogP) is 2.03. The van der Waals surface area contributed by atoms with Gasteiger partial charge in [-0.1, -0.05) is 12.8 Å². The van der Waals surface area contributed by atoms with Gasteiger partial charge in [0.1, 0.15) is 0 Å². The number of ether oxygens (including phenoxy) is 1. The van der Waals surface area contributed by atoms with Gasteiger partial charge in [-0.3, -0.25) is 4.90 Å². The number of alkyl halides is 3. The Hall–Kier alpha value is -1.38. The highest BCUT2D eigenvalue weighted by atomic mass is 19.4. The summed E-state index contributed by atoms with van der Waals surface area (Å²) >= 11 is 0. The number of terminal acetylenes is 1. The number of carbonyl (C=O) groups is 1. The lowest BCUT2D eigenvalue weighted by atomic mass is 10.4. The first kappa shape index (κ1) is 13.6. The molecule has 15 heavy (non-hydrogen) atoms. The third-order valence-electron chi connectivity index (χ3n) is 1.39. The zero-order valence-electron chi connectivity index (χ0n) is 8.30. The monoisotopic (exact) mass is 223 g/mol. The van der Waals surface area contributed by atoms with Crippen LogP contribution in [0.25, 0.3) is 0 Å². The van der Waals surface area contributed by atoms with E-state index in [0.29, 0.717) is 6.42 Å². The minimum atomic E-state index is -4.51. The van der Waals surface area contributed by atoms with Crippen molar-refractivity contribution in [2.75, 3.05) is 19.7 Å². The summed E-state index contributed by atoms with van der Waals surface area (Å²) in [5.74, 6) is 2.17. The van der Waals surface area contributed by atoms with Crippen LogP contribution in [0.15, 0.2) is 0 Å². The maximum absolute atomic E-state index is 11.7. The van der Waals surface area contributed by atoms with Crippen LogP contribution in [0, 0.1) is 12.3 Å². The molecule has 0 spiro atoms. The number of hydrogen-bond donors (Lipinski definition) is 0. The average Bonchev–Trinajstić information content (AvgIpc) is 2.13. The van der Waals surface area contributed by atoms with E-state index < -0.39 is 18.9 Å². The van der Waals surface area contributed by atoms with Gasteiger partial charge in [0.05, 0.1) is 6.54 Å². The molecule has 0 aromatic carbocycles. The van der Waals surface area contributed by atoms with E-state index in [1.807, 2.05) is 0 Å². The van der Waals surface area contributed by atoms with Crippen molar-refractivity contribution < 1.29 is 22.7 Å². The van der Waals surface area contributed by atoms with E-state index >= 15 is 0 Å². The summed E-state index contributed by atoms with van der Waals surface area (Å²) in [4.78, 5) is 12.1. The van der Waals surface area contributed by atoms with Gasteiger partial charge in [0.25, 0.3) is 0 Å². The maximum atomic E-state index is 11.7. The molecule has 0 aromatic rings. The summed E-state index contributed by atoms with van der Waals surface area (Å²) in [7, 11) is 0. The van der Waals surface area contributed by atoms with Crippen molar-refractivity contribution in [2.24, 2.45) is 0 Å². The Balaban J connectivity index is 4.09. The fraction of sp³-hybridized carbons (Fsp3) is 0.667. The third kappa shape index (κ3) is 6.66. The highest BCUT2D eigenvalue weighted by molar-refractivity contribution is 5.67. The molecule has 6 heteroatoms. The molecular formula is C9H12F3NO2. The second kappa shape index (κ2) is 6.17. The molecule has 0 saturated heterocycles. The van der Waals surface area contributed by atoms with Crippen LogP contribution >= 0.6 is 0 Å². The van der Waals surface area contributed by atoms with E-state index in [4.69, 9.17) is 6.42 Å². The topological polar surface area (TPSA) is 29.5 Å². The largest absolute Gasteiger partial charge is 0.440 e. The lowest BCUT2D eigenvalue weighted by molar-refractivity contribution is -0.162.